The summed E-state index contributed by atoms with van der Waals surface area (Å²) in [6.07, 6.45) is -4.83. The number of benzene rings is 2. The number of aromatic nitrogens is 1. The van der Waals surface area contributed by atoms with Crippen LogP contribution in [0.15, 0.2) is 41.2 Å². The Bertz CT molecular complexity index is 1280. The van der Waals surface area contributed by atoms with Gasteiger partial charge in [0.15, 0.2) is 5.13 Å². The number of non-ortho nitro benzene ring substituents is 1. The highest BCUT2D eigenvalue weighted by molar-refractivity contribution is 7.22. The number of nitro groups is 1. The lowest BCUT2D eigenvalue weighted by Crippen LogP contribution is -2.21. The van der Waals surface area contributed by atoms with Gasteiger partial charge in [-0.25, -0.2) is 0 Å². The van der Waals surface area contributed by atoms with Gasteiger partial charge in [0.25, 0.3) is 11.2 Å². The molecule has 0 aliphatic heterocycles. The van der Waals surface area contributed by atoms with Crippen molar-refractivity contribution in [3.63, 3.8) is 0 Å². The first-order valence-corrected chi connectivity index (χ1v) is 9.46. The molecule has 0 radical (unpaired) electrons. The molecule has 31 heavy (non-hydrogen) atoms. The summed E-state index contributed by atoms with van der Waals surface area (Å²) in [5.74, 6) is 6.45. The highest BCUT2D eigenvalue weighted by Gasteiger charge is 2.34. The predicted octanol–water partition coefficient (Wildman–Crippen LogP) is 4.08. The molecule has 11 heteroatoms. The molecule has 1 heterocycles. The van der Waals surface area contributed by atoms with Crippen LogP contribution in [0, 0.1) is 22.0 Å². The summed E-state index contributed by atoms with van der Waals surface area (Å²) in [4.78, 5) is 28.0. The Hall–Kier alpha value is -3.65. The largest absolute Gasteiger partial charge is 0.497 e. The number of ether oxygens (including phenoxy) is 1. The minimum Gasteiger partial charge on any atom is -0.497 e. The first-order valence-electron chi connectivity index (χ1n) is 8.64. The summed E-state index contributed by atoms with van der Waals surface area (Å²) in [6, 6.07) is 8.07. The molecule has 1 aromatic heterocycles. The fourth-order valence-corrected chi connectivity index (χ4v) is 3.66. The van der Waals surface area contributed by atoms with Crippen molar-refractivity contribution >= 4 is 32.2 Å². The van der Waals surface area contributed by atoms with Crippen LogP contribution in [0.4, 0.5) is 24.0 Å². The number of halogens is 3. The SMILES string of the molecule is COc1cccc(C#CCN(C)c2nc(=O)c3cc(C(F)(F)F)cc([N+](=O)[O-])c3s2)c1. The van der Waals surface area contributed by atoms with Crippen LogP contribution in [0.5, 0.6) is 5.75 Å². The molecule has 0 fully saturated rings. The van der Waals surface area contributed by atoms with Crippen molar-refractivity contribution in [1.29, 1.82) is 0 Å². The molecule has 3 aromatic rings. The van der Waals surface area contributed by atoms with E-state index in [1.807, 2.05) is 0 Å². The molecule has 160 valence electrons. The van der Waals surface area contributed by atoms with Gasteiger partial charge in [-0.15, -0.1) is 0 Å². The van der Waals surface area contributed by atoms with Crippen molar-refractivity contribution in [2.75, 3.05) is 25.6 Å². The minimum atomic E-state index is -4.83. The molecule has 0 saturated heterocycles. The van der Waals surface area contributed by atoms with Crippen LogP contribution in [0.2, 0.25) is 0 Å². The van der Waals surface area contributed by atoms with Gasteiger partial charge in [-0.2, -0.15) is 18.2 Å². The number of hydrogen-bond donors (Lipinski definition) is 0. The fourth-order valence-electron chi connectivity index (χ4n) is 2.63. The normalized spacial score (nSPS) is 11.0. The molecule has 0 atom stereocenters. The standard InChI is InChI=1S/C20H14F3N3O4S/c1-25(8-4-6-12-5-3-7-14(9-12)30-2)19-24-18(27)15-10-13(20(21,22)23)11-16(26(28)29)17(15)31-19/h3,5,7,9-11H,8H2,1-2H3. The highest BCUT2D eigenvalue weighted by Crippen LogP contribution is 2.38. The molecule has 0 aliphatic carbocycles. The molecular weight excluding hydrogens is 435 g/mol. The Labute approximate surface area is 177 Å². The molecule has 0 amide bonds. The third-order valence-electron chi connectivity index (χ3n) is 4.16. The van der Waals surface area contributed by atoms with E-state index in [4.69, 9.17) is 4.74 Å². The molecule has 2 aromatic carbocycles. The summed E-state index contributed by atoms with van der Waals surface area (Å²) >= 11 is 0.754. The zero-order valence-corrected chi connectivity index (χ0v) is 17.0. The maximum Gasteiger partial charge on any atom is 0.416 e. The Morgan fingerprint density at radius 2 is 2.03 bits per heavy atom. The van der Waals surface area contributed by atoms with E-state index in [1.165, 1.54) is 12.0 Å². The highest BCUT2D eigenvalue weighted by atomic mass is 32.1. The molecule has 3 rings (SSSR count). The van der Waals surface area contributed by atoms with Crippen molar-refractivity contribution in [3.05, 3.63) is 68.0 Å². The Morgan fingerprint density at radius 1 is 1.29 bits per heavy atom. The number of anilines is 1. The second-order valence-electron chi connectivity index (χ2n) is 6.32. The third kappa shape index (κ3) is 4.92. The lowest BCUT2D eigenvalue weighted by atomic mass is 10.1. The average molecular weight is 449 g/mol. The maximum absolute atomic E-state index is 13.1. The first-order chi connectivity index (χ1) is 14.6. The van der Waals surface area contributed by atoms with E-state index in [-0.39, 0.29) is 16.4 Å². The van der Waals surface area contributed by atoms with E-state index in [9.17, 15) is 28.1 Å². The van der Waals surface area contributed by atoms with Gasteiger partial charge in [0, 0.05) is 18.7 Å². The lowest BCUT2D eigenvalue weighted by Gasteiger charge is -2.14. The summed E-state index contributed by atoms with van der Waals surface area (Å²) in [6.45, 7) is 0.125. The van der Waals surface area contributed by atoms with Gasteiger partial charge >= 0.3 is 6.18 Å². The zero-order valence-electron chi connectivity index (χ0n) is 16.2. The number of nitrogens with zero attached hydrogens (tertiary/aromatic N) is 3. The minimum absolute atomic E-state index is 0.0975. The average Bonchev–Trinajstić information content (AvgIpc) is 2.72. The van der Waals surface area contributed by atoms with Gasteiger partial charge in [-0.05, 0) is 24.3 Å². The topological polar surface area (TPSA) is 85.6 Å². The molecule has 0 N–H and O–H groups in total. The second kappa shape index (κ2) is 8.61. The molecule has 0 saturated carbocycles. The smallest absolute Gasteiger partial charge is 0.416 e. The van der Waals surface area contributed by atoms with Crippen molar-refractivity contribution < 1.29 is 22.8 Å². The molecular formula is C20H14F3N3O4S. The van der Waals surface area contributed by atoms with Crippen LogP contribution in [0.25, 0.3) is 10.1 Å². The predicted molar refractivity (Wildman–Crippen MR) is 111 cm³/mol. The number of rotatable bonds is 4. The Morgan fingerprint density at radius 3 is 2.68 bits per heavy atom. The van der Waals surface area contributed by atoms with Crippen LogP contribution >= 0.6 is 11.3 Å². The van der Waals surface area contributed by atoms with Crippen LogP contribution < -0.4 is 15.2 Å². The van der Waals surface area contributed by atoms with Crippen LogP contribution in [0.1, 0.15) is 11.1 Å². The molecule has 0 aliphatic rings. The fraction of sp³-hybridized carbons (Fsp3) is 0.200. The first kappa shape index (κ1) is 22.0. The van der Waals surface area contributed by atoms with E-state index in [2.05, 4.69) is 16.8 Å². The van der Waals surface area contributed by atoms with Crippen LogP contribution in [0.3, 0.4) is 0 Å². The van der Waals surface area contributed by atoms with Gasteiger partial charge in [0.1, 0.15) is 10.4 Å². The van der Waals surface area contributed by atoms with Gasteiger partial charge in [0.2, 0.25) is 0 Å². The molecule has 7 nitrogen and oxygen atoms in total. The monoisotopic (exact) mass is 449 g/mol. The summed E-state index contributed by atoms with van der Waals surface area (Å²) in [5, 5.41) is 11.0. The van der Waals surface area contributed by atoms with Crippen molar-refractivity contribution in [2.24, 2.45) is 0 Å². The van der Waals surface area contributed by atoms with E-state index < -0.39 is 33.3 Å². The van der Waals surface area contributed by atoms with E-state index >= 15 is 0 Å². The zero-order chi connectivity index (χ0) is 22.8. The summed E-state index contributed by atoms with van der Waals surface area (Å²) < 4.78 is 44.1. The van der Waals surface area contributed by atoms with E-state index in [0.29, 0.717) is 23.4 Å². The van der Waals surface area contributed by atoms with Crippen molar-refractivity contribution in [2.45, 2.75) is 6.18 Å². The van der Waals surface area contributed by atoms with E-state index in [1.54, 1.807) is 31.3 Å². The number of alkyl halides is 3. The molecule has 0 bridgehead atoms. The molecule has 0 unspecified atom stereocenters. The van der Waals surface area contributed by atoms with Gasteiger partial charge in [-0.3, -0.25) is 14.9 Å². The number of hydrogen-bond acceptors (Lipinski definition) is 7. The molecule has 0 spiro atoms. The van der Waals surface area contributed by atoms with Crippen molar-refractivity contribution in [1.82, 2.24) is 4.98 Å². The van der Waals surface area contributed by atoms with E-state index in [0.717, 1.165) is 11.3 Å². The maximum atomic E-state index is 13.1. The summed E-state index contributed by atoms with van der Waals surface area (Å²) in [5.41, 5.74) is -2.36. The number of methoxy groups -OCH3 is 1. The Kier molecular flexibility index (Phi) is 6.12. The van der Waals surface area contributed by atoms with Crippen LogP contribution in [-0.2, 0) is 6.18 Å². The van der Waals surface area contributed by atoms with Crippen molar-refractivity contribution in [3.8, 4) is 17.6 Å². The number of fused-ring (bicyclic) bond motifs is 1. The number of nitro benzene ring substituents is 1. The van der Waals surface area contributed by atoms with Gasteiger partial charge in [0.05, 0.1) is 29.5 Å². The quantitative estimate of drug-likeness (QED) is 0.339. The second-order valence-corrected chi connectivity index (χ2v) is 7.30. The Balaban J connectivity index is 1.98. The van der Waals surface area contributed by atoms with Crippen LogP contribution in [-0.4, -0.2) is 30.6 Å². The van der Waals surface area contributed by atoms with Gasteiger partial charge in [-0.1, -0.05) is 29.2 Å². The lowest BCUT2D eigenvalue weighted by molar-refractivity contribution is -0.383. The summed E-state index contributed by atoms with van der Waals surface area (Å²) in [7, 11) is 3.10. The van der Waals surface area contributed by atoms with Gasteiger partial charge < -0.3 is 9.64 Å². The third-order valence-corrected chi connectivity index (χ3v) is 5.38.